The zero-order valence-electron chi connectivity index (χ0n) is 11.4. The Morgan fingerprint density at radius 3 is 2.58 bits per heavy atom. The summed E-state index contributed by atoms with van der Waals surface area (Å²) in [7, 11) is 0. The zero-order chi connectivity index (χ0) is 14.2. The van der Waals surface area contributed by atoms with E-state index in [1.165, 1.54) is 10.5 Å². The van der Waals surface area contributed by atoms with Gasteiger partial charge in [-0.1, -0.05) is 18.1 Å². The second-order valence-electron chi connectivity index (χ2n) is 4.85. The highest BCUT2D eigenvalue weighted by molar-refractivity contribution is 6.03. The monoisotopic (exact) mass is 255 g/mol. The molecule has 1 aliphatic heterocycles. The fourth-order valence-electron chi connectivity index (χ4n) is 2.37. The van der Waals surface area contributed by atoms with Crippen molar-refractivity contribution in [1.82, 2.24) is 4.90 Å². The summed E-state index contributed by atoms with van der Waals surface area (Å²) in [6.07, 6.45) is 5.31. The molecule has 0 aliphatic carbocycles. The topological polar surface area (TPSA) is 58.7 Å². The number of carbonyl (C=O) groups excluding carboxylic acids is 1. The van der Waals surface area contributed by atoms with Gasteiger partial charge < -0.3 is 5.73 Å². The highest BCUT2D eigenvalue weighted by atomic mass is 16.2. The largest absolute Gasteiger partial charge is 0.385 e. The molecular formula is C15H17N3O. The number of hydrogen-bond acceptors (Lipinski definition) is 2. The Kier molecular flexibility index (Phi) is 3.30. The maximum atomic E-state index is 11.8. The number of nitrogens with two attached hydrogens (primary N) is 1. The first-order valence-electron chi connectivity index (χ1n) is 6.11. The summed E-state index contributed by atoms with van der Waals surface area (Å²) in [5, 5.41) is 0. The Balaban J connectivity index is 2.51. The molecule has 0 aromatic heterocycles. The van der Waals surface area contributed by atoms with E-state index in [9.17, 15) is 4.79 Å². The summed E-state index contributed by atoms with van der Waals surface area (Å²) in [6, 6.07) is 3.44. The summed E-state index contributed by atoms with van der Waals surface area (Å²) in [4.78, 5) is 17.1. The van der Waals surface area contributed by atoms with Crippen molar-refractivity contribution in [2.45, 2.75) is 26.8 Å². The number of aliphatic imine (C=N–C) groups is 1. The molecule has 0 bridgehead atoms. The molecule has 0 saturated carbocycles. The normalized spacial score (nSPS) is 18.4. The van der Waals surface area contributed by atoms with Crippen LogP contribution in [-0.4, -0.2) is 23.3 Å². The first-order chi connectivity index (χ1) is 8.95. The third-order valence-corrected chi connectivity index (χ3v) is 3.50. The van der Waals surface area contributed by atoms with E-state index in [4.69, 9.17) is 12.2 Å². The molecule has 4 heteroatoms. The second-order valence-corrected chi connectivity index (χ2v) is 4.85. The van der Waals surface area contributed by atoms with Crippen molar-refractivity contribution in [2.24, 2.45) is 10.7 Å². The third-order valence-electron chi connectivity index (χ3n) is 3.50. The molecule has 1 aromatic rings. The SMILES string of the molecule is C#CCN1C(=O)N=C(N)C1c1cc(C)c(C)cc1C. The number of nitrogens with zero attached hydrogens (tertiary/aromatic N) is 2. The molecule has 0 spiro atoms. The van der Waals surface area contributed by atoms with Gasteiger partial charge in [-0.15, -0.1) is 6.42 Å². The van der Waals surface area contributed by atoms with Gasteiger partial charge in [0.2, 0.25) is 0 Å². The summed E-state index contributed by atoms with van der Waals surface area (Å²) >= 11 is 0. The lowest BCUT2D eigenvalue weighted by molar-refractivity contribution is 0.213. The predicted octanol–water partition coefficient (Wildman–Crippen LogP) is 2.08. The standard InChI is InChI=1S/C15H17N3O/c1-5-6-18-13(14(16)17-15(18)19)12-8-10(3)9(2)7-11(12)4/h1,7-8,13H,6H2,2-4H3,(H2,16,17,19). The number of amidine groups is 1. The van der Waals surface area contributed by atoms with Crippen LogP contribution in [-0.2, 0) is 0 Å². The molecule has 0 saturated heterocycles. The summed E-state index contributed by atoms with van der Waals surface area (Å²) in [5.74, 6) is 2.79. The summed E-state index contributed by atoms with van der Waals surface area (Å²) in [5.41, 5.74) is 10.3. The summed E-state index contributed by atoms with van der Waals surface area (Å²) in [6.45, 7) is 6.31. The van der Waals surface area contributed by atoms with E-state index in [1.54, 1.807) is 0 Å². The van der Waals surface area contributed by atoms with E-state index in [0.717, 1.165) is 16.7 Å². The van der Waals surface area contributed by atoms with Crippen molar-refractivity contribution in [3.63, 3.8) is 0 Å². The van der Waals surface area contributed by atoms with Gasteiger partial charge in [-0.2, -0.15) is 4.99 Å². The Labute approximate surface area is 113 Å². The van der Waals surface area contributed by atoms with Crippen molar-refractivity contribution < 1.29 is 4.79 Å². The lowest BCUT2D eigenvalue weighted by Gasteiger charge is -2.24. The van der Waals surface area contributed by atoms with E-state index in [2.05, 4.69) is 30.0 Å². The Hall–Kier alpha value is -2.28. The maximum absolute atomic E-state index is 11.8. The molecular weight excluding hydrogens is 238 g/mol. The summed E-state index contributed by atoms with van der Waals surface area (Å²) < 4.78 is 0. The first-order valence-corrected chi connectivity index (χ1v) is 6.11. The number of rotatable bonds is 2. The number of carbonyl (C=O) groups is 1. The molecule has 19 heavy (non-hydrogen) atoms. The van der Waals surface area contributed by atoms with Crippen LogP contribution in [0.15, 0.2) is 17.1 Å². The molecule has 1 unspecified atom stereocenters. The van der Waals surface area contributed by atoms with Gasteiger partial charge in [0, 0.05) is 0 Å². The van der Waals surface area contributed by atoms with Gasteiger partial charge in [-0.05, 0) is 43.0 Å². The average molecular weight is 255 g/mol. The molecule has 0 fully saturated rings. The predicted molar refractivity (Wildman–Crippen MR) is 76.0 cm³/mol. The van der Waals surface area contributed by atoms with Crippen LogP contribution in [0.4, 0.5) is 4.79 Å². The van der Waals surface area contributed by atoms with Gasteiger partial charge in [-0.3, -0.25) is 4.90 Å². The highest BCUT2D eigenvalue weighted by Gasteiger charge is 2.34. The van der Waals surface area contributed by atoms with E-state index < -0.39 is 0 Å². The van der Waals surface area contributed by atoms with E-state index >= 15 is 0 Å². The Morgan fingerprint density at radius 1 is 1.32 bits per heavy atom. The lowest BCUT2D eigenvalue weighted by Crippen LogP contribution is -2.34. The smallest absolute Gasteiger partial charge is 0.346 e. The fraction of sp³-hybridized carbons (Fsp3) is 0.333. The Morgan fingerprint density at radius 2 is 1.95 bits per heavy atom. The van der Waals surface area contributed by atoms with Crippen molar-refractivity contribution >= 4 is 11.9 Å². The van der Waals surface area contributed by atoms with Crippen molar-refractivity contribution in [3.05, 3.63) is 34.4 Å². The number of urea groups is 1. The zero-order valence-corrected chi connectivity index (χ0v) is 11.4. The van der Waals surface area contributed by atoms with Gasteiger partial charge in [-0.25, -0.2) is 4.79 Å². The minimum atomic E-state index is -0.363. The first kappa shape index (κ1) is 13.2. The van der Waals surface area contributed by atoms with Crippen molar-refractivity contribution in [1.29, 1.82) is 0 Å². The van der Waals surface area contributed by atoms with E-state index in [1.807, 2.05) is 13.8 Å². The molecule has 98 valence electrons. The van der Waals surface area contributed by atoms with E-state index in [-0.39, 0.29) is 18.6 Å². The average Bonchev–Trinajstić information content (AvgIpc) is 2.60. The van der Waals surface area contributed by atoms with Gasteiger partial charge in [0.1, 0.15) is 11.9 Å². The molecule has 2 rings (SSSR count). The number of hydrogen-bond donors (Lipinski definition) is 1. The highest BCUT2D eigenvalue weighted by Crippen LogP contribution is 2.30. The Bertz CT molecular complexity index is 611. The molecule has 0 radical (unpaired) electrons. The fourth-order valence-corrected chi connectivity index (χ4v) is 2.37. The molecule has 2 amide bonds. The quantitative estimate of drug-likeness (QED) is 0.822. The van der Waals surface area contributed by atoms with Crippen LogP contribution in [0, 0.1) is 33.1 Å². The van der Waals surface area contributed by atoms with Crippen LogP contribution < -0.4 is 5.73 Å². The van der Waals surface area contributed by atoms with Crippen LogP contribution in [0.5, 0.6) is 0 Å². The van der Waals surface area contributed by atoms with Crippen LogP contribution in [0.1, 0.15) is 28.3 Å². The third kappa shape index (κ3) is 2.19. The maximum Gasteiger partial charge on any atom is 0.346 e. The molecule has 2 N–H and O–H groups in total. The molecule has 1 atom stereocenters. The number of amides is 2. The van der Waals surface area contributed by atoms with Crippen LogP contribution in [0.25, 0.3) is 0 Å². The van der Waals surface area contributed by atoms with Crippen molar-refractivity contribution in [3.8, 4) is 12.3 Å². The van der Waals surface area contributed by atoms with Gasteiger partial charge in [0.25, 0.3) is 0 Å². The molecule has 1 heterocycles. The van der Waals surface area contributed by atoms with Gasteiger partial charge in [0.15, 0.2) is 0 Å². The molecule has 1 aromatic carbocycles. The lowest BCUT2D eigenvalue weighted by atomic mass is 9.95. The number of benzene rings is 1. The van der Waals surface area contributed by atoms with Gasteiger partial charge >= 0.3 is 6.03 Å². The number of terminal acetylenes is 1. The van der Waals surface area contributed by atoms with Crippen LogP contribution in [0.2, 0.25) is 0 Å². The van der Waals surface area contributed by atoms with Crippen LogP contribution in [0.3, 0.4) is 0 Å². The van der Waals surface area contributed by atoms with Gasteiger partial charge in [0.05, 0.1) is 6.54 Å². The minimum Gasteiger partial charge on any atom is -0.385 e. The second kappa shape index (κ2) is 4.77. The molecule has 1 aliphatic rings. The number of aryl methyl sites for hydroxylation is 3. The van der Waals surface area contributed by atoms with E-state index in [0.29, 0.717) is 5.84 Å². The van der Waals surface area contributed by atoms with Crippen LogP contribution >= 0.6 is 0 Å². The minimum absolute atomic E-state index is 0.208. The molecule has 4 nitrogen and oxygen atoms in total. The van der Waals surface area contributed by atoms with Crippen molar-refractivity contribution in [2.75, 3.05) is 6.54 Å².